The van der Waals surface area contributed by atoms with Crippen LogP contribution in [0.2, 0.25) is 0 Å². The lowest BCUT2D eigenvalue weighted by Crippen LogP contribution is -2.51. The van der Waals surface area contributed by atoms with Crippen molar-refractivity contribution in [1.82, 2.24) is 0 Å². The van der Waals surface area contributed by atoms with Gasteiger partial charge in [0.1, 0.15) is 11.4 Å². The van der Waals surface area contributed by atoms with E-state index in [-0.39, 0.29) is 17.2 Å². The molecule has 0 aliphatic heterocycles. The fourth-order valence-electron chi connectivity index (χ4n) is 2.16. The molecule has 2 rings (SSSR count). The number of nitrogens with one attached hydrogen (secondary N) is 1. The van der Waals surface area contributed by atoms with Crippen molar-refractivity contribution in [3.63, 3.8) is 0 Å². The van der Waals surface area contributed by atoms with E-state index in [1.807, 2.05) is 6.92 Å². The molecule has 0 amide bonds. The van der Waals surface area contributed by atoms with Gasteiger partial charge in [0.2, 0.25) is 0 Å². The van der Waals surface area contributed by atoms with Crippen LogP contribution >= 0.6 is 0 Å². The molecule has 0 bridgehead atoms. The Hall–Kier alpha value is -1.58. The maximum Gasteiger partial charge on any atom is 0.331 e. The van der Waals surface area contributed by atoms with Crippen LogP contribution in [0.25, 0.3) is 0 Å². The molecule has 18 heavy (non-hydrogen) atoms. The molecule has 0 saturated heterocycles. The second-order valence-corrected chi connectivity index (χ2v) is 5.31. The lowest BCUT2D eigenvalue weighted by molar-refractivity contribution is -0.147. The van der Waals surface area contributed by atoms with Crippen molar-refractivity contribution in [2.75, 3.05) is 12.4 Å². The van der Waals surface area contributed by atoms with Gasteiger partial charge in [-0.1, -0.05) is 6.92 Å². The molecule has 0 radical (unpaired) electrons. The zero-order valence-corrected chi connectivity index (χ0v) is 10.9. The molecule has 1 aromatic rings. The molecule has 1 saturated carbocycles. The number of halogens is 1. The number of carbonyl (C=O) groups is 1. The molecular formula is C14H18FNO2. The smallest absolute Gasteiger partial charge is 0.331 e. The van der Waals surface area contributed by atoms with Gasteiger partial charge in [0.05, 0.1) is 7.11 Å². The van der Waals surface area contributed by atoms with Crippen LogP contribution < -0.4 is 5.32 Å². The normalized spacial score (nSPS) is 19.8. The van der Waals surface area contributed by atoms with Crippen molar-refractivity contribution < 1.29 is 13.9 Å². The summed E-state index contributed by atoms with van der Waals surface area (Å²) >= 11 is 0. The Balaban J connectivity index is 2.26. The number of esters is 1. The van der Waals surface area contributed by atoms with Gasteiger partial charge in [0.25, 0.3) is 0 Å². The predicted molar refractivity (Wildman–Crippen MR) is 67.8 cm³/mol. The molecule has 3 nitrogen and oxygen atoms in total. The fraction of sp³-hybridized carbons (Fsp3) is 0.500. The second-order valence-electron chi connectivity index (χ2n) is 5.31. The Morgan fingerprint density at radius 1 is 1.39 bits per heavy atom. The molecule has 1 atom stereocenters. The Labute approximate surface area is 106 Å². The van der Waals surface area contributed by atoms with E-state index in [9.17, 15) is 9.18 Å². The van der Waals surface area contributed by atoms with Crippen molar-refractivity contribution in [2.24, 2.45) is 5.41 Å². The predicted octanol–water partition coefficient (Wildman–Crippen LogP) is 2.97. The standard InChI is InChI=1S/C14H18FNO2/c1-13(8-9-13)14(2,12(17)18-3)16-11-6-4-10(15)5-7-11/h4-7,16H,8-9H2,1-3H3. The second kappa shape index (κ2) is 4.26. The highest BCUT2D eigenvalue weighted by atomic mass is 19.1. The van der Waals surface area contributed by atoms with Gasteiger partial charge < -0.3 is 10.1 Å². The van der Waals surface area contributed by atoms with Crippen LogP contribution in [0.4, 0.5) is 10.1 Å². The van der Waals surface area contributed by atoms with Crippen LogP contribution in [0, 0.1) is 11.2 Å². The van der Waals surface area contributed by atoms with Crippen LogP contribution in [0.15, 0.2) is 24.3 Å². The Kier molecular flexibility index (Phi) is 3.05. The van der Waals surface area contributed by atoms with E-state index in [0.29, 0.717) is 0 Å². The van der Waals surface area contributed by atoms with Gasteiger partial charge in [-0.25, -0.2) is 9.18 Å². The minimum Gasteiger partial charge on any atom is -0.467 e. The quantitative estimate of drug-likeness (QED) is 0.836. The molecule has 0 spiro atoms. The molecule has 1 aliphatic carbocycles. The van der Waals surface area contributed by atoms with Crippen LogP contribution in [0.3, 0.4) is 0 Å². The lowest BCUT2D eigenvalue weighted by Gasteiger charge is -2.35. The van der Waals surface area contributed by atoms with Gasteiger partial charge in [-0.2, -0.15) is 0 Å². The molecule has 1 aromatic carbocycles. The van der Waals surface area contributed by atoms with Crippen LogP contribution in [0.5, 0.6) is 0 Å². The van der Waals surface area contributed by atoms with Crippen molar-refractivity contribution in [1.29, 1.82) is 0 Å². The van der Waals surface area contributed by atoms with Crippen LogP contribution in [0.1, 0.15) is 26.7 Å². The maximum absolute atomic E-state index is 12.9. The molecule has 1 unspecified atom stereocenters. The first-order chi connectivity index (χ1) is 8.41. The molecule has 4 heteroatoms. The van der Waals surface area contributed by atoms with E-state index in [2.05, 4.69) is 12.2 Å². The van der Waals surface area contributed by atoms with E-state index in [1.54, 1.807) is 12.1 Å². The lowest BCUT2D eigenvalue weighted by atomic mass is 9.83. The molecule has 1 fully saturated rings. The number of anilines is 1. The highest BCUT2D eigenvalue weighted by Gasteiger charge is 2.58. The Bertz CT molecular complexity index is 453. The molecule has 0 aromatic heterocycles. The summed E-state index contributed by atoms with van der Waals surface area (Å²) in [5.41, 5.74) is -0.161. The van der Waals surface area contributed by atoms with Gasteiger partial charge in [-0.05, 0) is 44.0 Å². The molecule has 1 aliphatic rings. The largest absolute Gasteiger partial charge is 0.467 e. The number of ether oxygens (including phenoxy) is 1. The zero-order valence-electron chi connectivity index (χ0n) is 10.9. The zero-order chi connectivity index (χ0) is 13.4. The summed E-state index contributed by atoms with van der Waals surface area (Å²) in [6.07, 6.45) is 1.96. The third-order valence-corrected chi connectivity index (χ3v) is 4.04. The van der Waals surface area contributed by atoms with Gasteiger partial charge in [0.15, 0.2) is 0 Å². The van der Waals surface area contributed by atoms with Crippen molar-refractivity contribution in [3.8, 4) is 0 Å². The first-order valence-electron chi connectivity index (χ1n) is 6.03. The first-order valence-corrected chi connectivity index (χ1v) is 6.03. The number of carbonyl (C=O) groups excluding carboxylic acids is 1. The Morgan fingerprint density at radius 2 is 1.94 bits per heavy atom. The van der Waals surface area contributed by atoms with E-state index >= 15 is 0 Å². The minimum atomic E-state index is -0.778. The summed E-state index contributed by atoms with van der Waals surface area (Å²) < 4.78 is 17.8. The Morgan fingerprint density at radius 3 is 2.39 bits per heavy atom. The monoisotopic (exact) mass is 251 g/mol. The van der Waals surface area contributed by atoms with Gasteiger partial charge in [-0.15, -0.1) is 0 Å². The van der Waals surface area contributed by atoms with Crippen molar-refractivity contribution >= 4 is 11.7 Å². The summed E-state index contributed by atoms with van der Waals surface area (Å²) in [5, 5.41) is 3.19. The maximum atomic E-state index is 12.9. The van der Waals surface area contributed by atoms with E-state index in [4.69, 9.17) is 4.74 Å². The van der Waals surface area contributed by atoms with Gasteiger partial charge in [-0.3, -0.25) is 0 Å². The summed E-state index contributed by atoms with van der Waals surface area (Å²) in [4.78, 5) is 12.0. The summed E-state index contributed by atoms with van der Waals surface area (Å²) in [6.45, 7) is 3.90. The summed E-state index contributed by atoms with van der Waals surface area (Å²) in [5.74, 6) is -0.579. The molecule has 0 heterocycles. The van der Waals surface area contributed by atoms with E-state index < -0.39 is 5.54 Å². The summed E-state index contributed by atoms with van der Waals surface area (Å²) in [7, 11) is 1.39. The summed E-state index contributed by atoms with van der Waals surface area (Å²) in [6, 6.07) is 6.00. The average molecular weight is 251 g/mol. The highest BCUT2D eigenvalue weighted by molar-refractivity contribution is 5.85. The molecular weight excluding hydrogens is 233 g/mol. The van der Waals surface area contributed by atoms with E-state index in [1.165, 1.54) is 19.2 Å². The average Bonchev–Trinajstić information content (AvgIpc) is 3.10. The number of rotatable bonds is 4. The fourth-order valence-corrected chi connectivity index (χ4v) is 2.16. The molecule has 1 N–H and O–H groups in total. The number of hydrogen-bond acceptors (Lipinski definition) is 3. The van der Waals surface area contributed by atoms with Crippen LogP contribution in [-0.2, 0) is 9.53 Å². The number of methoxy groups -OCH3 is 1. The van der Waals surface area contributed by atoms with Crippen molar-refractivity contribution in [3.05, 3.63) is 30.1 Å². The van der Waals surface area contributed by atoms with Gasteiger partial charge in [0, 0.05) is 11.1 Å². The first kappa shape index (κ1) is 12.9. The number of hydrogen-bond donors (Lipinski definition) is 1. The van der Waals surface area contributed by atoms with Crippen LogP contribution in [-0.4, -0.2) is 18.6 Å². The van der Waals surface area contributed by atoms with Crippen molar-refractivity contribution in [2.45, 2.75) is 32.2 Å². The highest BCUT2D eigenvalue weighted by Crippen LogP contribution is 2.55. The van der Waals surface area contributed by atoms with E-state index in [0.717, 1.165) is 18.5 Å². The number of benzene rings is 1. The molecule has 98 valence electrons. The third kappa shape index (κ3) is 2.07. The SMILES string of the molecule is COC(=O)C(C)(Nc1ccc(F)cc1)C1(C)CC1. The van der Waals surface area contributed by atoms with Gasteiger partial charge >= 0.3 is 5.97 Å². The minimum absolute atomic E-state index is 0.103. The topological polar surface area (TPSA) is 38.3 Å². The third-order valence-electron chi connectivity index (χ3n) is 4.04.